The van der Waals surface area contributed by atoms with Gasteiger partial charge in [-0.2, -0.15) is 0 Å². The highest BCUT2D eigenvalue weighted by atomic mass is 32.2. The Labute approximate surface area is 72.4 Å². The Bertz CT molecular complexity index is 232. The smallest absolute Gasteiger partial charge is 0.166 e. The minimum Gasteiger partial charge on any atom is -0.274 e. The Morgan fingerprint density at radius 3 is 2.55 bits per heavy atom. The molecular formula is C8H9OPS. The zero-order valence-corrected chi connectivity index (χ0v) is 7.99. The minimum atomic E-state index is 0.204. The zero-order chi connectivity index (χ0) is 8.10. The van der Waals surface area contributed by atoms with Gasteiger partial charge in [0.1, 0.15) is 0 Å². The van der Waals surface area contributed by atoms with Gasteiger partial charge in [-0.3, -0.25) is 4.57 Å². The lowest BCUT2D eigenvalue weighted by atomic mass is 10.2. The predicted octanol–water partition coefficient (Wildman–Crippen LogP) is 3.34. The van der Waals surface area contributed by atoms with E-state index in [-0.39, 0.29) is 8.46 Å². The number of hydrogen-bond acceptors (Lipinski definition) is 2. The van der Waals surface area contributed by atoms with Crippen LogP contribution in [0.1, 0.15) is 5.56 Å². The highest BCUT2D eigenvalue weighted by molar-refractivity contribution is 8.02. The second kappa shape index (κ2) is 4.53. The van der Waals surface area contributed by atoms with Gasteiger partial charge in [0, 0.05) is 4.90 Å². The van der Waals surface area contributed by atoms with Gasteiger partial charge in [-0.25, -0.2) is 0 Å². The molecule has 0 fully saturated rings. The monoisotopic (exact) mass is 184 g/mol. The first-order chi connectivity index (χ1) is 5.33. The molecule has 0 aromatic heterocycles. The molecule has 0 unspecified atom stereocenters. The average molecular weight is 184 g/mol. The van der Waals surface area contributed by atoms with E-state index in [1.54, 1.807) is 11.8 Å². The van der Waals surface area contributed by atoms with Gasteiger partial charge in [-0.05, 0) is 19.1 Å². The molecule has 0 saturated heterocycles. The summed E-state index contributed by atoms with van der Waals surface area (Å²) in [5.74, 6) is 0. The van der Waals surface area contributed by atoms with Gasteiger partial charge in [0.15, 0.2) is 8.46 Å². The van der Waals surface area contributed by atoms with E-state index in [0.717, 1.165) is 0 Å². The summed E-state index contributed by atoms with van der Waals surface area (Å²) in [4.78, 5) is 1.18. The van der Waals surface area contributed by atoms with Crippen molar-refractivity contribution in [2.45, 2.75) is 11.8 Å². The van der Waals surface area contributed by atoms with Gasteiger partial charge < -0.3 is 0 Å². The van der Waals surface area contributed by atoms with Crippen molar-refractivity contribution in [1.82, 2.24) is 0 Å². The minimum absolute atomic E-state index is 0.204. The molecule has 0 bridgehead atoms. The lowest BCUT2D eigenvalue weighted by Gasteiger charge is -1.96. The topological polar surface area (TPSA) is 17.1 Å². The molecular weight excluding hydrogens is 175 g/mol. The van der Waals surface area contributed by atoms with Crippen LogP contribution >= 0.6 is 20.2 Å². The van der Waals surface area contributed by atoms with Crippen molar-refractivity contribution in [3.05, 3.63) is 29.8 Å². The molecule has 0 amide bonds. The van der Waals surface area contributed by atoms with Crippen LogP contribution in [0.5, 0.6) is 0 Å². The van der Waals surface area contributed by atoms with Crippen LogP contribution in [0.2, 0.25) is 0 Å². The summed E-state index contributed by atoms with van der Waals surface area (Å²) in [5.41, 5.74) is 1.90. The highest BCUT2D eigenvalue weighted by Gasteiger charge is 1.91. The summed E-state index contributed by atoms with van der Waals surface area (Å²) in [7, 11) is 0.204. The SMILES string of the molecule is Cc1ccc(SCP=O)cc1. The average Bonchev–Trinajstić information content (AvgIpc) is 2.04. The van der Waals surface area contributed by atoms with E-state index >= 15 is 0 Å². The maximum atomic E-state index is 10.1. The standard InChI is InChI=1S/C8H9OPS/c1-7-2-4-8(5-3-7)11-6-10-9/h2-5H,6H2,1H3. The van der Waals surface area contributed by atoms with Crippen molar-refractivity contribution in [2.24, 2.45) is 0 Å². The number of aryl methyl sites for hydroxylation is 1. The molecule has 0 saturated carbocycles. The summed E-state index contributed by atoms with van der Waals surface area (Å²) in [6, 6.07) is 8.21. The Hall–Kier alpha value is -0.330. The van der Waals surface area contributed by atoms with Crippen LogP contribution in [0, 0.1) is 6.92 Å². The van der Waals surface area contributed by atoms with Crippen molar-refractivity contribution < 1.29 is 4.57 Å². The first kappa shape index (κ1) is 8.76. The van der Waals surface area contributed by atoms with Gasteiger partial charge in [0.25, 0.3) is 0 Å². The van der Waals surface area contributed by atoms with Crippen LogP contribution < -0.4 is 0 Å². The normalized spacial score (nSPS) is 10.3. The fraction of sp³-hybridized carbons (Fsp3) is 0.250. The van der Waals surface area contributed by atoms with Crippen molar-refractivity contribution >= 4 is 20.2 Å². The van der Waals surface area contributed by atoms with Crippen LogP contribution in [0.15, 0.2) is 29.2 Å². The van der Waals surface area contributed by atoms with Crippen molar-refractivity contribution in [1.29, 1.82) is 0 Å². The molecule has 0 atom stereocenters. The molecule has 0 spiro atoms. The van der Waals surface area contributed by atoms with Gasteiger partial charge in [0.05, 0.1) is 5.49 Å². The molecule has 0 heterocycles. The second-order valence-corrected chi connectivity index (χ2v) is 4.27. The van der Waals surface area contributed by atoms with Crippen LogP contribution in [0.3, 0.4) is 0 Å². The van der Waals surface area contributed by atoms with Crippen LogP contribution in [-0.2, 0) is 4.57 Å². The third-order valence-electron chi connectivity index (χ3n) is 1.30. The molecule has 0 aliphatic heterocycles. The van der Waals surface area contributed by atoms with Crippen molar-refractivity contribution in [2.75, 3.05) is 5.49 Å². The molecule has 1 nitrogen and oxygen atoms in total. The van der Waals surface area contributed by atoms with E-state index in [0.29, 0.717) is 5.49 Å². The van der Waals surface area contributed by atoms with E-state index in [1.807, 2.05) is 12.1 Å². The number of rotatable bonds is 3. The van der Waals surface area contributed by atoms with E-state index < -0.39 is 0 Å². The Balaban J connectivity index is 2.58. The zero-order valence-electron chi connectivity index (χ0n) is 6.28. The molecule has 11 heavy (non-hydrogen) atoms. The van der Waals surface area contributed by atoms with Crippen LogP contribution in [-0.4, -0.2) is 5.49 Å². The van der Waals surface area contributed by atoms with Crippen molar-refractivity contribution in [3.8, 4) is 0 Å². The fourth-order valence-corrected chi connectivity index (χ4v) is 1.87. The number of hydrogen-bond donors (Lipinski definition) is 0. The van der Waals surface area contributed by atoms with E-state index in [4.69, 9.17) is 0 Å². The summed E-state index contributed by atoms with van der Waals surface area (Å²) in [6.07, 6.45) is 0. The fourth-order valence-electron chi connectivity index (χ4n) is 0.735. The third-order valence-corrected chi connectivity index (χ3v) is 2.85. The number of benzene rings is 1. The quantitative estimate of drug-likeness (QED) is 0.529. The summed E-state index contributed by atoms with van der Waals surface area (Å²) in [5, 5.41) is 0. The van der Waals surface area contributed by atoms with Gasteiger partial charge >= 0.3 is 0 Å². The molecule has 1 aromatic rings. The first-order valence-corrected chi connectivity index (χ1v) is 5.30. The van der Waals surface area contributed by atoms with Crippen LogP contribution in [0.25, 0.3) is 0 Å². The molecule has 0 radical (unpaired) electrons. The maximum absolute atomic E-state index is 10.1. The van der Waals surface area contributed by atoms with Crippen molar-refractivity contribution in [3.63, 3.8) is 0 Å². The molecule has 1 aromatic carbocycles. The molecule has 0 aliphatic carbocycles. The van der Waals surface area contributed by atoms with Gasteiger partial charge in [-0.15, -0.1) is 11.8 Å². The largest absolute Gasteiger partial charge is 0.274 e. The van der Waals surface area contributed by atoms with E-state index in [1.165, 1.54) is 10.5 Å². The second-order valence-electron chi connectivity index (χ2n) is 2.22. The molecule has 58 valence electrons. The Morgan fingerprint density at radius 2 is 2.00 bits per heavy atom. The Kier molecular flexibility index (Phi) is 3.61. The summed E-state index contributed by atoms with van der Waals surface area (Å²) < 4.78 is 10.1. The van der Waals surface area contributed by atoms with Gasteiger partial charge in [0.2, 0.25) is 0 Å². The predicted molar refractivity (Wildman–Crippen MR) is 49.5 cm³/mol. The highest BCUT2D eigenvalue weighted by Crippen LogP contribution is 2.21. The Morgan fingerprint density at radius 1 is 1.36 bits per heavy atom. The third kappa shape index (κ3) is 3.04. The molecule has 1 rings (SSSR count). The lowest BCUT2D eigenvalue weighted by molar-refractivity contribution is 0.601. The van der Waals surface area contributed by atoms with Crippen LogP contribution in [0.4, 0.5) is 0 Å². The maximum Gasteiger partial charge on any atom is 0.166 e. The van der Waals surface area contributed by atoms with Gasteiger partial charge in [-0.1, -0.05) is 17.7 Å². The molecule has 0 N–H and O–H groups in total. The number of thioether (sulfide) groups is 1. The lowest BCUT2D eigenvalue weighted by Crippen LogP contribution is -1.72. The van der Waals surface area contributed by atoms with E-state index in [9.17, 15) is 4.57 Å². The summed E-state index contributed by atoms with van der Waals surface area (Å²) >= 11 is 1.60. The first-order valence-electron chi connectivity index (χ1n) is 3.31. The van der Waals surface area contributed by atoms with E-state index in [2.05, 4.69) is 19.1 Å². The molecule has 3 heteroatoms. The summed E-state index contributed by atoms with van der Waals surface area (Å²) in [6.45, 7) is 2.06. The molecule has 0 aliphatic rings.